The normalized spacial score (nSPS) is 23.9. The van der Waals surface area contributed by atoms with Gasteiger partial charge in [0.2, 0.25) is 5.91 Å². The second kappa shape index (κ2) is 8.69. The van der Waals surface area contributed by atoms with Crippen LogP contribution in [-0.4, -0.2) is 57.8 Å². The lowest BCUT2D eigenvalue weighted by molar-refractivity contribution is -0.159. The monoisotopic (exact) mass is 418 g/mol. The Labute approximate surface area is 172 Å². The van der Waals surface area contributed by atoms with E-state index in [1.807, 2.05) is 6.92 Å². The van der Waals surface area contributed by atoms with Crippen molar-refractivity contribution in [3.63, 3.8) is 0 Å². The Hall–Kier alpha value is -2.81. The maximum Gasteiger partial charge on any atom is 0.330 e. The third-order valence-corrected chi connectivity index (χ3v) is 6.24. The summed E-state index contributed by atoms with van der Waals surface area (Å²) >= 11 is 1.23. The summed E-state index contributed by atoms with van der Waals surface area (Å²) in [7, 11) is 0. The zero-order valence-corrected chi connectivity index (χ0v) is 16.8. The molecule has 1 aromatic rings. The summed E-state index contributed by atoms with van der Waals surface area (Å²) < 4.78 is 5.22. The molecule has 3 rings (SSSR count). The molecular formula is C20H22N2O6S. The molecule has 29 heavy (non-hydrogen) atoms. The summed E-state index contributed by atoms with van der Waals surface area (Å²) in [5, 5.41) is 13.4. The summed E-state index contributed by atoms with van der Waals surface area (Å²) in [6.07, 6.45) is 0.616. The average Bonchev–Trinajstić information content (AvgIpc) is 2.74. The van der Waals surface area contributed by atoms with Gasteiger partial charge in [0, 0.05) is 11.1 Å². The highest BCUT2D eigenvalue weighted by molar-refractivity contribution is 8.02. The molecule has 2 amide bonds. The molecule has 2 heterocycles. The van der Waals surface area contributed by atoms with E-state index in [1.165, 1.54) is 16.7 Å². The molecule has 0 spiro atoms. The van der Waals surface area contributed by atoms with Gasteiger partial charge in [0.05, 0.1) is 5.92 Å². The molecule has 2 N–H and O–H groups in total. The Balaban J connectivity index is 1.69. The van der Waals surface area contributed by atoms with E-state index in [-0.39, 0.29) is 12.5 Å². The van der Waals surface area contributed by atoms with Gasteiger partial charge >= 0.3 is 11.9 Å². The number of carboxylic acid groups (broad SMARTS) is 1. The predicted octanol–water partition coefficient (Wildman–Crippen LogP) is 1.63. The zero-order chi connectivity index (χ0) is 21.1. The van der Waals surface area contributed by atoms with Crippen LogP contribution in [0.2, 0.25) is 0 Å². The molecule has 1 aromatic carbocycles. The van der Waals surface area contributed by atoms with Crippen molar-refractivity contribution in [2.24, 2.45) is 5.92 Å². The van der Waals surface area contributed by atoms with E-state index in [1.54, 1.807) is 42.7 Å². The smallest absolute Gasteiger partial charge is 0.330 e. The third-order valence-electron chi connectivity index (χ3n) is 5.02. The van der Waals surface area contributed by atoms with Crippen molar-refractivity contribution in [2.45, 2.75) is 37.7 Å². The highest BCUT2D eigenvalue weighted by Crippen LogP contribution is 2.40. The molecule has 1 fully saturated rings. The second-order valence-corrected chi connectivity index (χ2v) is 7.93. The lowest BCUT2D eigenvalue weighted by Gasteiger charge is -2.51. The first-order valence-electron chi connectivity index (χ1n) is 9.27. The number of esters is 1. The van der Waals surface area contributed by atoms with Crippen LogP contribution in [0.3, 0.4) is 0 Å². The zero-order valence-electron chi connectivity index (χ0n) is 16.0. The van der Waals surface area contributed by atoms with Gasteiger partial charge in [-0.25, -0.2) is 4.79 Å². The number of aliphatic carboxylic acids is 1. The molecule has 4 atom stereocenters. The van der Waals surface area contributed by atoms with Crippen molar-refractivity contribution >= 4 is 35.5 Å². The van der Waals surface area contributed by atoms with Gasteiger partial charge in [0.1, 0.15) is 18.0 Å². The van der Waals surface area contributed by atoms with Crippen molar-refractivity contribution in [3.05, 3.63) is 46.9 Å². The van der Waals surface area contributed by atoms with E-state index in [4.69, 9.17) is 4.74 Å². The Morgan fingerprint density at radius 2 is 1.97 bits per heavy atom. The molecule has 154 valence electrons. The molecule has 0 radical (unpaired) electrons. The van der Waals surface area contributed by atoms with Gasteiger partial charge in [0.25, 0.3) is 5.91 Å². The predicted molar refractivity (Wildman–Crippen MR) is 106 cm³/mol. The molecule has 3 unspecified atom stereocenters. The lowest BCUT2D eigenvalue weighted by atomic mass is 9.98. The Bertz CT molecular complexity index is 856. The third kappa shape index (κ3) is 4.14. The minimum absolute atomic E-state index is 0.190. The number of carbonyl (C=O) groups excluding carboxylic acids is 3. The number of fused-ring (bicyclic) bond motifs is 1. The number of amides is 2. The lowest BCUT2D eigenvalue weighted by Crippen LogP contribution is -2.74. The number of benzene rings is 1. The summed E-state index contributed by atoms with van der Waals surface area (Å²) in [4.78, 5) is 49.9. The van der Waals surface area contributed by atoms with E-state index in [2.05, 4.69) is 5.32 Å². The van der Waals surface area contributed by atoms with Crippen LogP contribution in [0.25, 0.3) is 0 Å². The Kier molecular flexibility index (Phi) is 6.26. The Morgan fingerprint density at radius 1 is 1.28 bits per heavy atom. The van der Waals surface area contributed by atoms with Gasteiger partial charge in [-0.2, -0.15) is 0 Å². The van der Waals surface area contributed by atoms with Gasteiger partial charge in [-0.3, -0.25) is 14.4 Å². The number of carboxylic acids is 1. The van der Waals surface area contributed by atoms with E-state index >= 15 is 0 Å². The molecule has 0 bridgehead atoms. The minimum Gasteiger partial charge on any atom is -0.479 e. The standard InChI is InChI=1S/C20H22N2O6S/c1-3-11(2)20(27)28-9-13-10-29-18-14(17(24)22(18)15(13)19(25)26)21-16(23)12-7-5-4-6-8-12/h4-8,10-11,14-15,18H,3,9H2,1-2H3,(H,21,23)(H,25,26)/t11?,14?,15?,18-/m1/s1. The van der Waals surface area contributed by atoms with Crippen molar-refractivity contribution < 1.29 is 29.0 Å². The first-order valence-corrected chi connectivity index (χ1v) is 10.2. The first kappa shape index (κ1) is 20.9. The fourth-order valence-corrected chi connectivity index (χ4v) is 4.32. The molecule has 8 nitrogen and oxygen atoms in total. The molecule has 2 aliphatic rings. The van der Waals surface area contributed by atoms with Crippen LogP contribution in [0.1, 0.15) is 30.6 Å². The highest BCUT2D eigenvalue weighted by atomic mass is 32.2. The number of hydrogen-bond donors (Lipinski definition) is 2. The molecule has 0 aromatic heterocycles. The number of thioether (sulfide) groups is 1. The van der Waals surface area contributed by atoms with Gasteiger partial charge in [0.15, 0.2) is 6.04 Å². The van der Waals surface area contributed by atoms with Crippen molar-refractivity contribution in [1.29, 1.82) is 0 Å². The Morgan fingerprint density at radius 3 is 2.59 bits per heavy atom. The van der Waals surface area contributed by atoms with Crippen LogP contribution in [-0.2, 0) is 19.1 Å². The van der Waals surface area contributed by atoms with Crippen LogP contribution in [0, 0.1) is 5.92 Å². The van der Waals surface area contributed by atoms with E-state index in [0.717, 1.165) is 0 Å². The maximum absolute atomic E-state index is 12.6. The van der Waals surface area contributed by atoms with E-state index in [9.17, 15) is 24.3 Å². The van der Waals surface area contributed by atoms with Crippen molar-refractivity contribution in [1.82, 2.24) is 10.2 Å². The molecule has 2 aliphatic heterocycles. The molecule has 0 aliphatic carbocycles. The van der Waals surface area contributed by atoms with Gasteiger partial charge in [-0.05, 0) is 24.0 Å². The average molecular weight is 418 g/mol. The van der Waals surface area contributed by atoms with Gasteiger partial charge in [-0.15, -0.1) is 11.8 Å². The summed E-state index contributed by atoms with van der Waals surface area (Å²) in [5.74, 6) is -2.77. The fraction of sp³-hybridized carbons (Fsp3) is 0.400. The topological polar surface area (TPSA) is 113 Å². The SMILES string of the molecule is CCC(C)C(=O)OCC1=CS[C@@H]2C(NC(=O)c3ccccc3)C(=O)N2C1C(=O)O. The second-order valence-electron chi connectivity index (χ2n) is 6.94. The summed E-state index contributed by atoms with van der Waals surface area (Å²) in [5.41, 5.74) is 0.749. The highest BCUT2D eigenvalue weighted by Gasteiger charge is 2.56. The van der Waals surface area contributed by atoms with Gasteiger partial charge < -0.3 is 20.1 Å². The van der Waals surface area contributed by atoms with Crippen LogP contribution >= 0.6 is 11.8 Å². The van der Waals surface area contributed by atoms with Crippen LogP contribution in [0.4, 0.5) is 0 Å². The van der Waals surface area contributed by atoms with Crippen LogP contribution < -0.4 is 5.32 Å². The molecule has 0 saturated carbocycles. The van der Waals surface area contributed by atoms with E-state index in [0.29, 0.717) is 17.6 Å². The number of rotatable bonds is 7. The molecule has 9 heteroatoms. The van der Waals surface area contributed by atoms with Crippen LogP contribution in [0.15, 0.2) is 41.3 Å². The number of nitrogens with one attached hydrogen (secondary N) is 1. The van der Waals surface area contributed by atoms with Crippen LogP contribution in [0.5, 0.6) is 0 Å². The largest absolute Gasteiger partial charge is 0.479 e. The van der Waals surface area contributed by atoms with Gasteiger partial charge in [-0.1, -0.05) is 32.0 Å². The summed E-state index contributed by atoms with van der Waals surface area (Å²) in [6, 6.07) is 6.45. The number of carbonyl (C=O) groups is 4. The van der Waals surface area contributed by atoms with E-state index < -0.39 is 41.2 Å². The maximum atomic E-state index is 12.6. The van der Waals surface area contributed by atoms with Crippen molar-refractivity contribution in [2.75, 3.05) is 6.61 Å². The quantitative estimate of drug-likeness (QED) is 0.511. The fourth-order valence-electron chi connectivity index (χ4n) is 3.11. The number of ether oxygens (including phenoxy) is 1. The number of hydrogen-bond acceptors (Lipinski definition) is 6. The number of nitrogens with zero attached hydrogens (tertiary/aromatic N) is 1. The minimum atomic E-state index is -1.22. The summed E-state index contributed by atoms with van der Waals surface area (Å²) in [6.45, 7) is 3.40. The number of β-lactam (4-membered cyclic amide) rings is 1. The molecule has 1 saturated heterocycles. The van der Waals surface area contributed by atoms with Crippen molar-refractivity contribution in [3.8, 4) is 0 Å². The molecular weight excluding hydrogens is 396 g/mol. The first-order chi connectivity index (χ1) is 13.8.